The van der Waals surface area contributed by atoms with Crippen LogP contribution in [0, 0.1) is 6.92 Å². The molecule has 0 aliphatic carbocycles. The number of aromatic nitrogens is 1. The lowest BCUT2D eigenvalue weighted by Gasteiger charge is -2.31. The van der Waals surface area contributed by atoms with E-state index in [4.69, 9.17) is 4.11 Å². The number of para-hydroxylation sites is 2. The summed E-state index contributed by atoms with van der Waals surface area (Å²) >= 11 is 0. The summed E-state index contributed by atoms with van der Waals surface area (Å²) in [4.78, 5) is 3.55. The van der Waals surface area contributed by atoms with Gasteiger partial charge in [0.1, 0.15) is 12.0 Å². The number of anilines is 1. The van der Waals surface area contributed by atoms with Gasteiger partial charge in [-0.3, -0.25) is 4.57 Å². The standard InChI is InChI=1S/C26H33N3/c1-17(2)21-12-10-13-22(18(3)4)25(21)29-24-14-9-8-11-23(24)19(5)26(29)28-16-15-27(7)20(28)6/h8-18,20H,1-7H3/t20-/m0/s1/i7D3. The van der Waals surface area contributed by atoms with Crippen LogP contribution in [0.4, 0.5) is 5.82 Å². The molecule has 3 aromatic rings. The number of nitrogens with zero attached hydrogens (tertiary/aromatic N) is 3. The molecule has 0 N–H and O–H groups in total. The smallest absolute Gasteiger partial charge is 0.123 e. The predicted octanol–water partition coefficient (Wildman–Crippen LogP) is 6.75. The van der Waals surface area contributed by atoms with Crippen LogP contribution in [0.3, 0.4) is 0 Å². The monoisotopic (exact) mass is 390 g/mol. The number of aryl methyl sites for hydroxylation is 1. The molecule has 152 valence electrons. The first-order valence-corrected chi connectivity index (χ1v) is 10.5. The quantitative estimate of drug-likeness (QED) is 0.488. The molecule has 2 heterocycles. The Balaban J connectivity index is 2.07. The molecular formula is C26H33N3. The SMILES string of the molecule is [2H]C([2H])([2H])N1C=CN(c2c(C)c3ccccc3n2-c2c(C(C)C)cccc2C(C)C)[C@H]1C. The number of benzene rings is 2. The molecule has 3 heteroatoms. The van der Waals surface area contributed by atoms with E-state index >= 15 is 0 Å². The lowest BCUT2D eigenvalue weighted by Crippen LogP contribution is -2.35. The van der Waals surface area contributed by atoms with Crippen LogP contribution >= 0.6 is 0 Å². The molecule has 0 saturated carbocycles. The highest BCUT2D eigenvalue weighted by molar-refractivity contribution is 5.93. The van der Waals surface area contributed by atoms with E-state index in [1.54, 1.807) is 6.20 Å². The highest BCUT2D eigenvalue weighted by Crippen LogP contribution is 2.42. The summed E-state index contributed by atoms with van der Waals surface area (Å²) in [6.07, 6.45) is 3.27. The molecule has 0 spiro atoms. The number of rotatable bonds is 4. The van der Waals surface area contributed by atoms with E-state index in [1.165, 1.54) is 27.1 Å². The van der Waals surface area contributed by atoms with Gasteiger partial charge in [-0.25, -0.2) is 0 Å². The van der Waals surface area contributed by atoms with E-state index in [9.17, 15) is 0 Å². The van der Waals surface area contributed by atoms with Crippen molar-refractivity contribution in [3.63, 3.8) is 0 Å². The third kappa shape index (κ3) is 3.04. The maximum atomic E-state index is 7.95. The van der Waals surface area contributed by atoms with Crippen LogP contribution in [0.25, 0.3) is 16.6 Å². The second kappa shape index (κ2) is 7.29. The summed E-state index contributed by atoms with van der Waals surface area (Å²) in [5, 5.41) is 1.18. The van der Waals surface area contributed by atoms with Crippen LogP contribution in [0.2, 0.25) is 0 Å². The van der Waals surface area contributed by atoms with Crippen molar-refractivity contribution in [2.75, 3.05) is 11.9 Å². The summed E-state index contributed by atoms with van der Waals surface area (Å²) in [7, 11) is 0. The van der Waals surface area contributed by atoms with Crippen molar-refractivity contribution in [2.24, 2.45) is 0 Å². The van der Waals surface area contributed by atoms with E-state index in [-0.39, 0.29) is 6.17 Å². The Morgan fingerprint density at radius 2 is 1.55 bits per heavy atom. The van der Waals surface area contributed by atoms with Crippen molar-refractivity contribution in [1.29, 1.82) is 0 Å². The predicted molar refractivity (Wildman–Crippen MR) is 125 cm³/mol. The normalized spacial score (nSPS) is 18.8. The zero-order valence-corrected chi connectivity index (χ0v) is 18.3. The largest absolute Gasteiger partial charge is 0.359 e. The minimum absolute atomic E-state index is 0.321. The average molecular weight is 391 g/mol. The Labute approximate surface area is 179 Å². The topological polar surface area (TPSA) is 11.4 Å². The van der Waals surface area contributed by atoms with E-state index in [0.717, 1.165) is 16.9 Å². The molecule has 0 amide bonds. The number of fused-ring (bicyclic) bond motifs is 1. The lowest BCUT2D eigenvalue weighted by molar-refractivity contribution is 0.381. The van der Waals surface area contributed by atoms with Gasteiger partial charge >= 0.3 is 0 Å². The zero-order chi connectivity index (χ0) is 23.4. The summed E-state index contributed by atoms with van der Waals surface area (Å²) in [5.41, 5.74) is 6.09. The van der Waals surface area contributed by atoms with E-state index in [1.807, 2.05) is 13.1 Å². The Hall–Kier alpha value is -2.68. The second-order valence-corrected chi connectivity index (χ2v) is 8.64. The van der Waals surface area contributed by atoms with Crippen molar-refractivity contribution in [3.05, 3.63) is 71.6 Å². The van der Waals surface area contributed by atoms with Crippen LogP contribution in [0.15, 0.2) is 54.9 Å². The van der Waals surface area contributed by atoms with Gasteiger partial charge in [-0.05, 0) is 48.4 Å². The average Bonchev–Trinajstić information content (AvgIpc) is 3.24. The van der Waals surface area contributed by atoms with Crippen molar-refractivity contribution < 1.29 is 4.11 Å². The molecule has 1 aliphatic rings. The molecule has 0 fully saturated rings. The minimum atomic E-state index is -2.19. The Morgan fingerprint density at radius 1 is 0.897 bits per heavy atom. The first kappa shape index (κ1) is 16.2. The molecular weight excluding hydrogens is 354 g/mol. The fraction of sp³-hybridized carbons (Fsp3) is 0.385. The fourth-order valence-electron chi connectivity index (χ4n) is 4.47. The number of hydrogen-bond donors (Lipinski definition) is 0. The van der Waals surface area contributed by atoms with Crippen molar-refractivity contribution in [2.45, 2.75) is 59.5 Å². The Bertz CT molecular complexity index is 1140. The van der Waals surface area contributed by atoms with Gasteiger partial charge in [0.05, 0.1) is 11.2 Å². The molecule has 0 unspecified atom stereocenters. The molecule has 1 aliphatic heterocycles. The third-order valence-corrected chi connectivity index (χ3v) is 6.10. The first-order chi connectivity index (χ1) is 15.0. The summed E-state index contributed by atoms with van der Waals surface area (Å²) in [5.74, 6) is 1.73. The summed E-state index contributed by atoms with van der Waals surface area (Å²) < 4.78 is 26.2. The van der Waals surface area contributed by atoms with Crippen LogP contribution in [-0.4, -0.2) is 22.6 Å². The molecule has 0 saturated heterocycles. The maximum absolute atomic E-state index is 7.95. The van der Waals surface area contributed by atoms with Gasteiger partial charge in [0.25, 0.3) is 0 Å². The van der Waals surface area contributed by atoms with Crippen LogP contribution in [0.5, 0.6) is 0 Å². The molecule has 4 rings (SSSR count). The van der Waals surface area contributed by atoms with Gasteiger partial charge in [-0.15, -0.1) is 0 Å². The van der Waals surface area contributed by atoms with E-state index in [0.29, 0.717) is 11.8 Å². The molecule has 2 aromatic carbocycles. The van der Waals surface area contributed by atoms with Crippen molar-refractivity contribution in [3.8, 4) is 5.69 Å². The first-order valence-electron chi connectivity index (χ1n) is 12.0. The van der Waals surface area contributed by atoms with Crippen LogP contribution in [0.1, 0.15) is 67.3 Å². The molecule has 0 radical (unpaired) electrons. The van der Waals surface area contributed by atoms with Gasteiger partial charge in [0.15, 0.2) is 0 Å². The van der Waals surface area contributed by atoms with Crippen molar-refractivity contribution >= 4 is 16.7 Å². The van der Waals surface area contributed by atoms with Gasteiger partial charge in [0.2, 0.25) is 0 Å². The maximum Gasteiger partial charge on any atom is 0.123 e. The van der Waals surface area contributed by atoms with Crippen molar-refractivity contribution in [1.82, 2.24) is 9.47 Å². The van der Waals surface area contributed by atoms with Gasteiger partial charge in [0, 0.05) is 28.9 Å². The van der Waals surface area contributed by atoms with Crippen LogP contribution in [-0.2, 0) is 0 Å². The van der Waals surface area contributed by atoms with Gasteiger partial charge in [-0.1, -0.05) is 64.1 Å². The minimum Gasteiger partial charge on any atom is -0.359 e. The van der Waals surface area contributed by atoms with Crippen LogP contribution < -0.4 is 4.90 Å². The lowest BCUT2D eigenvalue weighted by atomic mass is 9.92. The summed E-state index contributed by atoms with van der Waals surface area (Å²) in [6, 6.07) is 15.1. The summed E-state index contributed by atoms with van der Waals surface area (Å²) in [6.45, 7) is 10.8. The highest BCUT2D eigenvalue weighted by atomic mass is 15.4. The van der Waals surface area contributed by atoms with Gasteiger partial charge in [-0.2, -0.15) is 0 Å². The molecule has 0 bridgehead atoms. The third-order valence-electron chi connectivity index (χ3n) is 6.10. The Kier molecular flexibility index (Phi) is 4.06. The highest BCUT2D eigenvalue weighted by Gasteiger charge is 2.29. The zero-order valence-electron chi connectivity index (χ0n) is 21.3. The fourth-order valence-corrected chi connectivity index (χ4v) is 4.47. The second-order valence-electron chi connectivity index (χ2n) is 8.64. The van der Waals surface area contributed by atoms with E-state index in [2.05, 4.69) is 86.6 Å². The molecule has 29 heavy (non-hydrogen) atoms. The molecule has 1 atom stereocenters. The number of hydrogen-bond acceptors (Lipinski definition) is 2. The van der Waals surface area contributed by atoms with E-state index < -0.39 is 6.98 Å². The molecule has 3 nitrogen and oxygen atoms in total. The van der Waals surface area contributed by atoms with Gasteiger partial charge < -0.3 is 9.80 Å². The Morgan fingerprint density at radius 3 is 2.14 bits per heavy atom. The molecule has 1 aromatic heterocycles.